The molecular weight excluding hydrogens is 775 g/mol. The van der Waals surface area contributed by atoms with Gasteiger partial charge < -0.3 is 4.57 Å². The zero-order chi connectivity index (χ0) is 42.4. The van der Waals surface area contributed by atoms with Gasteiger partial charge in [0.1, 0.15) is 0 Å². The third-order valence-corrected chi connectivity index (χ3v) is 12.9. The van der Waals surface area contributed by atoms with Gasteiger partial charge in [0.2, 0.25) is 0 Å². The Balaban J connectivity index is 0.868. The molecule has 0 saturated carbocycles. The summed E-state index contributed by atoms with van der Waals surface area (Å²) in [6.07, 6.45) is 14.3. The van der Waals surface area contributed by atoms with E-state index in [1.54, 1.807) is 0 Å². The van der Waals surface area contributed by atoms with E-state index < -0.39 is 0 Å². The SMILES string of the molecule is C1=CC(C2=CC(c3ccc(-c4ccc(-c5ccc(-c6nc7ccc8ccccc8c7c7c6c6ccccc6n7-c6ccccc6)cc5)cc4)cc3)=CCC(c3ccccc3)=N2)=CCC1. The largest absolute Gasteiger partial charge is 0.308 e. The van der Waals surface area contributed by atoms with Crippen molar-refractivity contribution in [3.63, 3.8) is 0 Å². The predicted molar refractivity (Wildman–Crippen MR) is 270 cm³/mol. The van der Waals surface area contributed by atoms with Crippen LogP contribution in [-0.4, -0.2) is 15.3 Å². The van der Waals surface area contributed by atoms with E-state index in [4.69, 9.17) is 9.98 Å². The van der Waals surface area contributed by atoms with E-state index in [9.17, 15) is 0 Å². The Morgan fingerprint density at radius 2 is 1.05 bits per heavy atom. The highest BCUT2D eigenvalue weighted by Gasteiger charge is 2.22. The third kappa shape index (κ3) is 6.70. The molecule has 0 atom stereocenters. The standard InChI is InChI=1S/C61H43N3/c1-4-15-47(16-5-1)54-38-37-50(40-56(62-54)48-17-6-2-7-18-48)45-30-28-43(29-31-45)41-24-26-42(27-25-41)44-32-34-49(35-33-44)60-59-53-22-12-13-23-57(53)64(51-19-8-3-9-20-51)61(59)58-52-21-11-10-14-46(52)36-39-55(58)63-60/h1,3-6,8-37,39-40H,2,7,38H2. The first kappa shape index (κ1) is 37.6. The van der Waals surface area contributed by atoms with Gasteiger partial charge >= 0.3 is 0 Å². The van der Waals surface area contributed by atoms with Crippen LogP contribution in [0, 0.1) is 0 Å². The molecule has 64 heavy (non-hydrogen) atoms. The van der Waals surface area contributed by atoms with Crippen LogP contribution >= 0.6 is 0 Å². The number of aliphatic imine (C=N–C) groups is 1. The van der Waals surface area contributed by atoms with Crippen LogP contribution in [0.5, 0.6) is 0 Å². The van der Waals surface area contributed by atoms with Crippen molar-refractivity contribution in [2.45, 2.75) is 19.3 Å². The van der Waals surface area contributed by atoms with Gasteiger partial charge in [-0.2, -0.15) is 0 Å². The summed E-state index contributed by atoms with van der Waals surface area (Å²) in [6, 6.07) is 70.0. The summed E-state index contributed by atoms with van der Waals surface area (Å²) in [6.45, 7) is 0. The first-order valence-electron chi connectivity index (χ1n) is 22.3. The van der Waals surface area contributed by atoms with Crippen LogP contribution in [0.3, 0.4) is 0 Å². The normalized spacial score (nSPS) is 14.1. The van der Waals surface area contributed by atoms with E-state index in [-0.39, 0.29) is 0 Å². The number of allylic oxidation sites excluding steroid dienone is 6. The summed E-state index contributed by atoms with van der Waals surface area (Å²) in [4.78, 5) is 10.7. The van der Waals surface area contributed by atoms with Crippen LogP contribution in [0.4, 0.5) is 0 Å². The van der Waals surface area contributed by atoms with Crippen LogP contribution in [0.1, 0.15) is 30.4 Å². The van der Waals surface area contributed by atoms with Gasteiger partial charge in [0.05, 0.1) is 33.7 Å². The minimum atomic E-state index is 0.778. The lowest BCUT2D eigenvalue weighted by molar-refractivity contribution is 1.02. The molecule has 302 valence electrons. The summed E-state index contributed by atoms with van der Waals surface area (Å²) >= 11 is 0. The van der Waals surface area contributed by atoms with Gasteiger partial charge in [-0.3, -0.25) is 4.99 Å². The second kappa shape index (κ2) is 16.0. The molecule has 2 aromatic heterocycles. The summed E-state index contributed by atoms with van der Waals surface area (Å²) in [5.74, 6) is 0. The number of nitrogens with zero attached hydrogens (tertiary/aromatic N) is 3. The molecule has 0 bridgehead atoms. The average molecular weight is 818 g/mol. The number of rotatable bonds is 7. The smallest absolute Gasteiger partial charge is 0.0810 e. The van der Waals surface area contributed by atoms with Crippen LogP contribution < -0.4 is 0 Å². The fourth-order valence-electron chi connectivity index (χ4n) is 9.68. The Labute approximate surface area is 373 Å². The van der Waals surface area contributed by atoms with Crippen molar-refractivity contribution in [2.24, 2.45) is 4.99 Å². The highest BCUT2D eigenvalue weighted by atomic mass is 15.0. The van der Waals surface area contributed by atoms with Crippen molar-refractivity contribution in [1.29, 1.82) is 0 Å². The lowest BCUT2D eigenvalue weighted by atomic mass is 9.95. The van der Waals surface area contributed by atoms with Crippen molar-refractivity contribution in [3.8, 4) is 39.2 Å². The zero-order valence-electron chi connectivity index (χ0n) is 35.3. The molecule has 0 radical (unpaired) electrons. The molecule has 8 aromatic carbocycles. The van der Waals surface area contributed by atoms with E-state index >= 15 is 0 Å². The zero-order valence-corrected chi connectivity index (χ0v) is 35.3. The van der Waals surface area contributed by atoms with Gasteiger partial charge in [-0.1, -0.05) is 194 Å². The monoisotopic (exact) mass is 817 g/mol. The quantitative estimate of drug-likeness (QED) is 0.147. The van der Waals surface area contributed by atoms with Gasteiger partial charge in [0.25, 0.3) is 0 Å². The van der Waals surface area contributed by atoms with Crippen LogP contribution in [0.15, 0.2) is 241 Å². The molecule has 3 nitrogen and oxygen atoms in total. The third-order valence-electron chi connectivity index (χ3n) is 12.9. The summed E-state index contributed by atoms with van der Waals surface area (Å²) < 4.78 is 2.43. The van der Waals surface area contributed by atoms with Gasteiger partial charge in [-0.15, -0.1) is 0 Å². The summed E-state index contributed by atoms with van der Waals surface area (Å²) in [5.41, 5.74) is 18.2. The van der Waals surface area contributed by atoms with E-state index in [1.165, 1.54) is 82.5 Å². The van der Waals surface area contributed by atoms with Crippen molar-refractivity contribution in [1.82, 2.24) is 9.55 Å². The second-order valence-electron chi connectivity index (χ2n) is 16.7. The van der Waals surface area contributed by atoms with Gasteiger partial charge in [0, 0.05) is 33.8 Å². The van der Waals surface area contributed by atoms with Crippen molar-refractivity contribution in [2.75, 3.05) is 0 Å². The first-order chi connectivity index (χ1) is 31.7. The minimum absolute atomic E-state index is 0.778. The lowest BCUT2D eigenvalue weighted by Crippen LogP contribution is -2.00. The Kier molecular flexibility index (Phi) is 9.38. The van der Waals surface area contributed by atoms with E-state index in [0.717, 1.165) is 53.1 Å². The molecule has 12 rings (SSSR count). The Morgan fingerprint density at radius 1 is 0.438 bits per heavy atom. The number of hydrogen-bond acceptors (Lipinski definition) is 2. The number of pyridine rings is 1. The first-order valence-corrected chi connectivity index (χ1v) is 22.3. The topological polar surface area (TPSA) is 30.2 Å². The molecular formula is C61H43N3. The summed E-state index contributed by atoms with van der Waals surface area (Å²) in [7, 11) is 0. The highest BCUT2D eigenvalue weighted by molar-refractivity contribution is 6.27. The van der Waals surface area contributed by atoms with Crippen molar-refractivity contribution >= 4 is 54.8 Å². The van der Waals surface area contributed by atoms with Crippen molar-refractivity contribution in [3.05, 3.63) is 247 Å². The lowest BCUT2D eigenvalue weighted by Gasteiger charge is -2.14. The molecule has 10 aromatic rings. The fraction of sp³-hybridized carbons (Fsp3) is 0.0492. The molecule has 0 N–H and O–H groups in total. The summed E-state index contributed by atoms with van der Waals surface area (Å²) in [5, 5.41) is 5.95. The molecule has 1 aliphatic carbocycles. The van der Waals surface area contributed by atoms with E-state index in [0.29, 0.717) is 0 Å². The molecule has 1 aliphatic heterocycles. The fourth-order valence-corrected chi connectivity index (χ4v) is 9.68. The van der Waals surface area contributed by atoms with Gasteiger partial charge in [-0.05, 0) is 98.5 Å². The average Bonchev–Trinajstić information content (AvgIpc) is 3.55. The molecule has 3 heterocycles. The van der Waals surface area contributed by atoms with Crippen LogP contribution in [0.2, 0.25) is 0 Å². The van der Waals surface area contributed by atoms with Crippen molar-refractivity contribution < 1.29 is 0 Å². The van der Waals surface area contributed by atoms with Crippen LogP contribution in [-0.2, 0) is 0 Å². The van der Waals surface area contributed by atoms with E-state index in [1.807, 2.05) is 0 Å². The maximum Gasteiger partial charge on any atom is 0.0810 e. The molecule has 0 amide bonds. The minimum Gasteiger partial charge on any atom is -0.308 e. The molecule has 0 fully saturated rings. The Morgan fingerprint density at radius 3 is 1.73 bits per heavy atom. The number of benzene rings is 8. The van der Waals surface area contributed by atoms with Crippen LogP contribution in [0.25, 0.3) is 88.3 Å². The molecule has 0 saturated heterocycles. The maximum atomic E-state index is 5.48. The maximum absolute atomic E-state index is 5.48. The number of para-hydroxylation sites is 2. The van der Waals surface area contributed by atoms with E-state index in [2.05, 4.69) is 229 Å². The number of fused-ring (bicyclic) bond motifs is 7. The second-order valence-corrected chi connectivity index (χ2v) is 16.7. The molecule has 0 unspecified atom stereocenters. The molecule has 2 aliphatic rings. The molecule has 3 heteroatoms. The number of hydrogen-bond donors (Lipinski definition) is 0. The molecule has 0 spiro atoms. The predicted octanol–water partition coefficient (Wildman–Crippen LogP) is 15.9. The number of aromatic nitrogens is 2. The highest BCUT2D eigenvalue weighted by Crippen LogP contribution is 2.43. The van der Waals surface area contributed by atoms with Gasteiger partial charge in [0.15, 0.2) is 0 Å². The Hall–Kier alpha value is -8.14. The van der Waals surface area contributed by atoms with Gasteiger partial charge in [-0.25, -0.2) is 4.98 Å². The Bertz CT molecular complexity index is 3570.